The molecule has 0 spiro atoms. The number of nitrogens with one attached hydrogen (secondary N) is 2. The molecule has 0 atom stereocenters. The summed E-state index contributed by atoms with van der Waals surface area (Å²) in [6.45, 7) is 4.62. The molecule has 0 saturated carbocycles. The van der Waals surface area contributed by atoms with E-state index in [9.17, 15) is 4.79 Å². The Morgan fingerprint density at radius 3 is 2.26 bits per heavy atom. The highest BCUT2D eigenvalue weighted by Gasteiger charge is 2.10. The summed E-state index contributed by atoms with van der Waals surface area (Å²) in [7, 11) is 0. The fraction of sp³-hybridized carbons (Fsp3) is 0.190. The van der Waals surface area contributed by atoms with Crippen molar-refractivity contribution in [2.75, 3.05) is 17.2 Å². The van der Waals surface area contributed by atoms with E-state index in [1.165, 1.54) is 18.0 Å². The third kappa shape index (κ3) is 5.05. The first kappa shape index (κ1) is 18.9. The lowest BCUT2D eigenvalue weighted by Gasteiger charge is -2.11. The minimum atomic E-state index is -0.222. The molecule has 2 N–H and O–H groups in total. The highest BCUT2D eigenvalue weighted by molar-refractivity contribution is 6.30. The van der Waals surface area contributed by atoms with Gasteiger partial charge in [0.15, 0.2) is 0 Å². The molecule has 0 bridgehead atoms. The molecule has 1 heterocycles. The van der Waals surface area contributed by atoms with Crippen LogP contribution in [0.2, 0.25) is 5.02 Å². The molecule has 0 saturated heterocycles. The smallest absolute Gasteiger partial charge is 0.258 e. The minimum Gasteiger partial charge on any atom is -0.354 e. The van der Waals surface area contributed by atoms with Crippen LogP contribution in [0.15, 0.2) is 54.9 Å². The van der Waals surface area contributed by atoms with Crippen LogP contribution in [0.5, 0.6) is 0 Å². The standard InChI is InChI=1S/C21H21ClN4O/c1-14-4-3-5-15(2)19(14)26-20(27)17-12-24-21(25-13-17)23-11-10-16-6-8-18(22)9-7-16/h3-9,12-13H,10-11H2,1-2H3,(H,26,27)(H,23,24,25). The van der Waals surface area contributed by atoms with Gasteiger partial charge in [-0.3, -0.25) is 4.79 Å². The van der Waals surface area contributed by atoms with Gasteiger partial charge < -0.3 is 10.6 Å². The molecule has 1 amide bonds. The van der Waals surface area contributed by atoms with Crippen molar-refractivity contribution in [3.8, 4) is 0 Å². The number of para-hydroxylation sites is 1. The summed E-state index contributed by atoms with van der Waals surface area (Å²) in [5, 5.41) is 6.81. The fourth-order valence-electron chi connectivity index (χ4n) is 2.70. The zero-order valence-corrected chi connectivity index (χ0v) is 16.0. The van der Waals surface area contributed by atoms with Crippen molar-refractivity contribution in [2.24, 2.45) is 0 Å². The molecule has 0 radical (unpaired) electrons. The van der Waals surface area contributed by atoms with Crippen molar-refractivity contribution in [3.63, 3.8) is 0 Å². The maximum atomic E-state index is 12.4. The maximum Gasteiger partial charge on any atom is 0.258 e. The first-order valence-corrected chi connectivity index (χ1v) is 9.08. The molecular formula is C21H21ClN4O. The van der Waals surface area contributed by atoms with Gasteiger partial charge in [-0.05, 0) is 49.1 Å². The van der Waals surface area contributed by atoms with Gasteiger partial charge in [-0.2, -0.15) is 0 Å². The number of hydrogen-bond acceptors (Lipinski definition) is 4. The quantitative estimate of drug-likeness (QED) is 0.653. The molecule has 3 rings (SSSR count). The van der Waals surface area contributed by atoms with Crippen molar-refractivity contribution in [1.82, 2.24) is 9.97 Å². The Bertz CT molecular complexity index is 904. The number of anilines is 2. The summed E-state index contributed by atoms with van der Waals surface area (Å²) in [5.41, 5.74) is 4.46. The van der Waals surface area contributed by atoms with E-state index >= 15 is 0 Å². The van der Waals surface area contributed by atoms with Gasteiger partial charge in [0.2, 0.25) is 5.95 Å². The molecule has 2 aromatic carbocycles. The molecule has 0 unspecified atom stereocenters. The van der Waals surface area contributed by atoms with Crippen LogP contribution in [-0.4, -0.2) is 22.4 Å². The summed E-state index contributed by atoms with van der Waals surface area (Å²) >= 11 is 5.88. The number of benzene rings is 2. The van der Waals surface area contributed by atoms with E-state index in [1.54, 1.807) is 0 Å². The maximum absolute atomic E-state index is 12.4. The molecule has 138 valence electrons. The summed E-state index contributed by atoms with van der Waals surface area (Å²) in [6.07, 6.45) is 3.89. The van der Waals surface area contributed by atoms with Gasteiger partial charge in [0, 0.05) is 29.6 Å². The predicted octanol–water partition coefficient (Wildman–Crippen LogP) is 4.65. The van der Waals surface area contributed by atoms with Gasteiger partial charge in [-0.25, -0.2) is 9.97 Å². The van der Waals surface area contributed by atoms with E-state index in [0.717, 1.165) is 28.3 Å². The second kappa shape index (κ2) is 8.64. The lowest BCUT2D eigenvalue weighted by atomic mass is 10.1. The van der Waals surface area contributed by atoms with Crippen LogP contribution in [0.3, 0.4) is 0 Å². The van der Waals surface area contributed by atoms with E-state index in [4.69, 9.17) is 11.6 Å². The Balaban J connectivity index is 1.56. The van der Waals surface area contributed by atoms with E-state index < -0.39 is 0 Å². The zero-order valence-electron chi connectivity index (χ0n) is 15.3. The van der Waals surface area contributed by atoms with Gasteiger partial charge in [-0.1, -0.05) is 41.9 Å². The first-order chi connectivity index (χ1) is 13.0. The molecule has 0 aliphatic rings. The summed E-state index contributed by atoms with van der Waals surface area (Å²) in [6, 6.07) is 13.6. The highest BCUT2D eigenvalue weighted by Crippen LogP contribution is 2.20. The average molecular weight is 381 g/mol. The third-order valence-corrected chi connectivity index (χ3v) is 4.50. The number of carbonyl (C=O) groups excluding carboxylic acids is 1. The minimum absolute atomic E-state index is 0.222. The number of rotatable bonds is 6. The molecular weight excluding hydrogens is 360 g/mol. The Hall–Kier alpha value is -2.92. The Morgan fingerprint density at radius 1 is 1.00 bits per heavy atom. The van der Waals surface area contributed by atoms with Crippen LogP contribution in [-0.2, 0) is 6.42 Å². The predicted molar refractivity (Wildman–Crippen MR) is 110 cm³/mol. The Labute approximate surface area is 163 Å². The summed E-state index contributed by atoms with van der Waals surface area (Å²) in [5.74, 6) is 0.271. The monoisotopic (exact) mass is 380 g/mol. The van der Waals surface area contributed by atoms with Gasteiger partial charge in [0.1, 0.15) is 0 Å². The van der Waals surface area contributed by atoms with Crippen molar-refractivity contribution >= 4 is 29.1 Å². The second-order valence-corrected chi connectivity index (χ2v) is 6.76. The lowest BCUT2D eigenvalue weighted by Crippen LogP contribution is -2.15. The van der Waals surface area contributed by atoms with Crippen molar-refractivity contribution in [3.05, 3.63) is 82.1 Å². The van der Waals surface area contributed by atoms with Gasteiger partial charge >= 0.3 is 0 Å². The molecule has 6 heteroatoms. The van der Waals surface area contributed by atoms with E-state index in [2.05, 4.69) is 20.6 Å². The second-order valence-electron chi connectivity index (χ2n) is 6.32. The normalized spacial score (nSPS) is 10.5. The largest absolute Gasteiger partial charge is 0.354 e. The van der Waals surface area contributed by atoms with Crippen LogP contribution in [0, 0.1) is 13.8 Å². The molecule has 0 fully saturated rings. The molecule has 1 aromatic heterocycles. The molecule has 27 heavy (non-hydrogen) atoms. The van der Waals surface area contributed by atoms with Gasteiger partial charge in [0.25, 0.3) is 5.91 Å². The molecule has 0 aliphatic heterocycles. The number of aromatic nitrogens is 2. The number of carbonyl (C=O) groups is 1. The average Bonchev–Trinajstić information content (AvgIpc) is 2.67. The van der Waals surface area contributed by atoms with Crippen LogP contribution < -0.4 is 10.6 Å². The Morgan fingerprint density at radius 2 is 1.63 bits per heavy atom. The van der Waals surface area contributed by atoms with Crippen LogP contribution in [0.4, 0.5) is 11.6 Å². The van der Waals surface area contributed by atoms with Crippen LogP contribution >= 0.6 is 11.6 Å². The fourth-order valence-corrected chi connectivity index (χ4v) is 2.83. The van der Waals surface area contributed by atoms with E-state index in [-0.39, 0.29) is 5.91 Å². The van der Waals surface area contributed by atoms with Crippen LogP contribution in [0.1, 0.15) is 27.0 Å². The summed E-state index contributed by atoms with van der Waals surface area (Å²) in [4.78, 5) is 20.9. The first-order valence-electron chi connectivity index (χ1n) is 8.71. The van der Waals surface area contributed by atoms with E-state index in [0.29, 0.717) is 18.1 Å². The third-order valence-electron chi connectivity index (χ3n) is 4.24. The number of nitrogens with zero attached hydrogens (tertiary/aromatic N) is 2. The van der Waals surface area contributed by atoms with Crippen molar-refractivity contribution < 1.29 is 4.79 Å². The van der Waals surface area contributed by atoms with Gasteiger partial charge in [-0.15, -0.1) is 0 Å². The van der Waals surface area contributed by atoms with Gasteiger partial charge in [0.05, 0.1) is 5.56 Å². The number of amides is 1. The topological polar surface area (TPSA) is 66.9 Å². The highest BCUT2D eigenvalue weighted by atomic mass is 35.5. The van der Waals surface area contributed by atoms with Crippen LogP contribution in [0.25, 0.3) is 0 Å². The van der Waals surface area contributed by atoms with E-state index in [1.807, 2.05) is 56.3 Å². The molecule has 5 nitrogen and oxygen atoms in total. The molecule has 3 aromatic rings. The zero-order chi connectivity index (χ0) is 19.2. The van der Waals surface area contributed by atoms with Crippen molar-refractivity contribution in [2.45, 2.75) is 20.3 Å². The Kier molecular flexibility index (Phi) is 6.04. The lowest BCUT2D eigenvalue weighted by molar-refractivity contribution is 0.102. The number of hydrogen-bond donors (Lipinski definition) is 2. The number of halogens is 1. The SMILES string of the molecule is Cc1cccc(C)c1NC(=O)c1cnc(NCCc2ccc(Cl)cc2)nc1. The molecule has 0 aliphatic carbocycles. The number of aryl methyl sites for hydroxylation is 2. The summed E-state index contributed by atoms with van der Waals surface area (Å²) < 4.78 is 0. The van der Waals surface area contributed by atoms with Crippen molar-refractivity contribution in [1.29, 1.82) is 0 Å².